The van der Waals surface area contributed by atoms with Crippen molar-refractivity contribution in [1.29, 1.82) is 0 Å². The summed E-state index contributed by atoms with van der Waals surface area (Å²) >= 11 is 0. The quantitative estimate of drug-likeness (QED) is 0.502. The van der Waals surface area contributed by atoms with E-state index < -0.39 is 0 Å². The summed E-state index contributed by atoms with van der Waals surface area (Å²) in [5.41, 5.74) is 0. The van der Waals surface area contributed by atoms with Gasteiger partial charge in [0.15, 0.2) is 0 Å². The highest BCUT2D eigenvalue weighted by molar-refractivity contribution is 4.57. The lowest BCUT2D eigenvalue weighted by atomic mass is 10.1. The number of nitrogens with one attached hydrogen (secondary N) is 1. The number of aliphatic hydroxyl groups is 1. The summed E-state index contributed by atoms with van der Waals surface area (Å²) in [5.74, 6) is 0. The van der Waals surface area contributed by atoms with Crippen LogP contribution in [0.1, 0.15) is 71.1 Å². The number of aliphatic hydroxyl groups excluding tert-OH is 1. The van der Waals surface area contributed by atoms with E-state index in [9.17, 15) is 5.11 Å². The number of rotatable bonds is 12. The Balaban J connectivity index is 2.98. The van der Waals surface area contributed by atoms with Crippen molar-refractivity contribution >= 4 is 0 Å². The van der Waals surface area contributed by atoms with Gasteiger partial charge in [0.2, 0.25) is 0 Å². The number of unbranched alkanes of at least 4 members (excludes halogenated alkanes) is 8. The lowest BCUT2D eigenvalue weighted by Gasteiger charge is -2.09. The third kappa shape index (κ3) is 12.0. The maximum atomic E-state index is 9.49. The first-order chi connectivity index (χ1) is 7.81. The number of hydrogen-bond donors (Lipinski definition) is 2. The van der Waals surface area contributed by atoms with E-state index in [0.717, 1.165) is 13.0 Å². The molecule has 0 aliphatic heterocycles. The van der Waals surface area contributed by atoms with E-state index in [0.29, 0.717) is 0 Å². The van der Waals surface area contributed by atoms with Crippen molar-refractivity contribution in [3.05, 3.63) is 0 Å². The molecule has 0 aromatic heterocycles. The van der Waals surface area contributed by atoms with E-state index in [1.165, 1.54) is 57.8 Å². The molecule has 0 fully saturated rings. The summed E-state index contributed by atoms with van der Waals surface area (Å²) < 4.78 is 0. The molecule has 2 nitrogen and oxygen atoms in total. The zero-order chi connectivity index (χ0) is 12.1. The van der Waals surface area contributed by atoms with Crippen molar-refractivity contribution in [2.24, 2.45) is 0 Å². The van der Waals surface area contributed by atoms with Crippen LogP contribution in [0.4, 0.5) is 0 Å². The van der Waals surface area contributed by atoms with Gasteiger partial charge in [0.25, 0.3) is 0 Å². The van der Waals surface area contributed by atoms with Crippen LogP contribution < -0.4 is 5.32 Å². The molecule has 0 aliphatic carbocycles. The minimum Gasteiger partial charge on any atom is -0.392 e. The molecule has 0 aromatic carbocycles. The molecule has 1 unspecified atom stereocenters. The van der Waals surface area contributed by atoms with Gasteiger partial charge in [-0.15, -0.1) is 0 Å². The molecule has 0 rings (SSSR count). The first-order valence-corrected chi connectivity index (χ1v) is 7.14. The van der Waals surface area contributed by atoms with E-state index in [4.69, 9.17) is 0 Å². The molecule has 0 aromatic rings. The monoisotopic (exact) mass is 229 g/mol. The molecule has 2 heteroatoms. The molecule has 0 heterocycles. The van der Waals surface area contributed by atoms with Gasteiger partial charge in [-0.05, 0) is 13.5 Å². The van der Waals surface area contributed by atoms with Gasteiger partial charge in [-0.2, -0.15) is 0 Å². The van der Waals surface area contributed by atoms with E-state index in [1.807, 2.05) is 7.05 Å². The van der Waals surface area contributed by atoms with Crippen LogP contribution in [0.15, 0.2) is 0 Å². The van der Waals surface area contributed by atoms with Crippen LogP contribution in [0.2, 0.25) is 0 Å². The molecule has 16 heavy (non-hydrogen) atoms. The largest absolute Gasteiger partial charge is 0.392 e. The normalized spacial score (nSPS) is 12.9. The highest BCUT2D eigenvalue weighted by Gasteiger charge is 2.01. The zero-order valence-electron chi connectivity index (χ0n) is 11.3. The van der Waals surface area contributed by atoms with Crippen molar-refractivity contribution < 1.29 is 5.11 Å². The van der Waals surface area contributed by atoms with Gasteiger partial charge < -0.3 is 10.4 Å². The predicted molar refractivity (Wildman–Crippen MR) is 71.8 cm³/mol. The molecule has 1 atom stereocenters. The smallest absolute Gasteiger partial charge is 0.0664 e. The Bertz CT molecular complexity index is 128. The number of hydrogen-bond acceptors (Lipinski definition) is 2. The highest BCUT2D eigenvalue weighted by atomic mass is 16.3. The minimum absolute atomic E-state index is 0.144. The van der Waals surface area contributed by atoms with Crippen LogP contribution in [-0.4, -0.2) is 24.8 Å². The second-order valence-corrected chi connectivity index (χ2v) is 4.83. The molecule has 0 saturated carbocycles. The van der Waals surface area contributed by atoms with Gasteiger partial charge in [-0.1, -0.05) is 64.7 Å². The molecule has 0 amide bonds. The fraction of sp³-hybridized carbons (Fsp3) is 1.00. The van der Waals surface area contributed by atoms with Gasteiger partial charge in [-0.25, -0.2) is 0 Å². The van der Waals surface area contributed by atoms with Gasteiger partial charge in [-0.3, -0.25) is 0 Å². The molecule has 0 saturated heterocycles. The first-order valence-electron chi connectivity index (χ1n) is 7.14. The summed E-state index contributed by atoms with van der Waals surface area (Å²) in [5, 5.41) is 12.5. The van der Waals surface area contributed by atoms with Crippen molar-refractivity contribution in [2.45, 2.75) is 77.2 Å². The fourth-order valence-corrected chi connectivity index (χ4v) is 2.03. The Morgan fingerprint density at radius 2 is 1.38 bits per heavy atom. The Hall–Kier alpha value is -0.0800. The summed E-state index contributed by atoms with van der Waals surface area (Å²) in [4.78, 5) is 0. The number of likely N-dealkylation sites (N-methyl/N-ethyl adjacent to an activating group) is 1. The summed E-state index contributed by atoms with van der Waals surface area (Å²) in [7, 11) is 1.89. The topological polar surface area (TPSA) is 32.3 Å². The molecule has 0 aliphatic rings. The maximum absolute atomic E-state index is 9.49. The van der Waals surface area contributed by atoms with E-state index in [1.54, 1.807) is 0 Å². The lowest BCUT2D eigenvalue weighted by Crippen LogP contribution is -2.23. The Morgan fingerprint density at radius 3 is 1.88 bits per heavy atom. The second kappa shape index (κ2) is 13.0. The van der Waals surface area contributed by atoms with Crippen LogP contribution in [-0.2, 0) is 0 Å². The van der Waals surface area contributed by atoms with Crippen LogP contribution >= 0.6 is 0 Å². The molecule has 98 valence electrons. The molecular weight excluding hydrogens is 198 g/mol. The van der Waals surface area contributed by atoms with E-state index >= 15 is 0 Å². The van der Waals surface area contributed by atoms with Crippen molar-refractivity contribution in [1.82, 2.24) is 5.32 Å². The third-order valence-electron chi connectivity index (χ3n) is 3.08. The fourth-order valence-electron chi connectivity index (χ4n) is 2.03. The first kappa shape index (κ1) is 15.9. The molecular formula is C14H31NO. The predicted octanol–water partition coefficient (Wildman–Crippen LogP) is 3.49. The van der Waals surface area contributed by atoms with Crippen LogP contribution in [0.5, 0.6) is 0 Å². The standard InChI is InChI=1S/C14H31NO/c1-3-4-5-6-7-8-9-10-11-12-14(16)13-15-2/h14-16H,3-13H2,1-2H3. The Morgan fingerprint density at radius 1 is 0.875 bits per heavy atom. The van der Waals surface area contributed by atoms with E-state index in [-0.39, 0.29) is 6.10 Å². The second-order valence-electron chi connectivity index (χ2n) is 4.83. The van der Waals surface area contributed by atoms with Crippen molar-refractivity contribution in [2.75, 3.05) is 13.6 Å². The van der Waals surface area contributed by atoms with Crippen LogP contribution in [0.25, 0.3) is 0 Å². The zero-order valence-corrected chi connectivity index (χ0v) is 11.3. The minimum atomic E-state index is -0.144. The SMILES string of the molecule is CCCCCCCCCCCC(O)CNC. The average Bonchev–Trinajstić information content (AvgIpc) is 2.27. The molecule has 0 radical (unpaired) electrons. The van der Waals surface area contributed by atoms with Gasteiger partial charge in [0, 0.05) is 6.54 Å². The van der Waals surface area contributed by atoms with Gasteiger partial charge in [0.1, 0.15) is 0 Å². The summed E-state index contributed by atoms with van der Waals surface area (Å²) in [6.45, 7) is 2.99. The highest BCUT2D eigenvalue weighted by Crippen LogP contribution is 2.11. The molecule has 2 N–H and O–H groups in total. The summed E-state index contributed by atoms with van der Waals surface area (Å²) in [6, 6.07) is 0. The lowest BCUT2D eigenvalue weighted by molar-refractivity contribution is 0.160. The Labute approximate surface area is 102 Å². The van der Waals surface area contributed by atoms with Crippen molar-refractivity contribution in [3.63, 3.8) is 0 Å². The third-order valence-corrected chi connectivity index (χ3v) is 3.08. The molecule has 0 bridgehead atoms. The van der Waals surface area contributed by atoms with Crippen molar-refractivity contribution in [3.8, 4) is 0 Å². The molecule has 0 spiro atoms. The summed E-state index contributed by atoms with van der Waals surface area (Å²) in [6.07, 6.45) is 13.0. The Kier molecular flexibility index (Phi) is 12.9. The maximum Gasteiger partial charge on any atom is 0.0664 e. The van der Waals surface area contributed by atoms with Crippen LogP contribution in [0, 0.1) is 0 Å². The average molecular weight is 229 g/mol. The van der Waals surface area contributed by atoms with Crippen LogP contribution in [0.3, 0.4) is 0 Å². The van der Waals surface area contributed by atoms with Gasteiger partial charge >= 0.3 is 0 Å². The van der Waals surface area contributed by atoms with E-state index in [2.05, 4.69) is 12.2 Å². The van der Waals surface area contributed by atoms with Gasteiger partial charge in [0.05, 0.1) is 6.10 Å².